The first kappa shape index (κ1) is 18.7. The van der Waals surface area contributed by atoms with Gasteiger partial charge in [0, 0.05) is 0 Å². The largest absolute Gasteiger partial charge is 0.508 e. The third kappa shape index (κ3) is 4.38. The fraction of sp³-hybridized carbons (Fsp3) is 0.100. The number of carbonyl (C=O) groups excluding carboxylic acids is 1. The first-order valence-electron chi connectivity index (χ1n) is 8.12. The fourth-order valence-corrected chi connectivity index (χ4v) is 3.46. The van der Waals surface area contributed by atoms with Gasteiger partial charge in [0.05, 0.1) is 17.2 Å². The second-order valence-electron chi connectivity index (χ2n) is 5.55. The van der Waals surface area contributed by atoms with Gasteiger partial charge in [-0.1, -0.05) is 30.0 Å². The van der Waals surface area contributed by atoms with Gasteiger partial charge in [0.2, 0.25) is 0 Å². The molecular formula is C20H16FNO4S. The minimum Gasteiger partial charge on any atom is -0.508 e. The second kappa shape index (κ2) is 8.09. The number of hydrogen-bond acceptors (Lipinski definition) is 6. The number of hydrogen-bond donors (Lipinski definition) is 2. The summed E-state index contributed by atoms with van der Waals surface area (Å²) in [5, 5.41) is 20.4. The van der Waals surface area contributed by atoms with Crippen molar-refractivity contribution in [1.29, 1.82) is 0 Å². The number of aliphatic imine (C=N–C) groups is 1. The molecule has 1 heterocycles. The first-order chi connectivity index (χ1) is 13.0. The number of thioether (sulfide) groups is 1. The van der Waals surface area contributed by atoms with E-state index in [1.165, 1.54) is 30.3 Å². The molecule has 2 N–H and O–H groups in total. The van der Waals surface area contributed by atoms with Crippen LogP contribution in [0.1, 0.15) is 12.5 Å². The van der Waals surface area contributed by atoms with Crippen molar-refractivity contribution in [3.63, 3.8) is 0 Å². The number of aliphatic hydroxyl groups is 1. The van der Waals surface area contributed by atoms with Crippen molar-refractivity contribution in [1.82, 2.24) is 0 Å². The smallest absolute Gasteiger partial charge is 0.344 e. The van der Waals surface area contributed by atoms with Gasteiger partial charge in [-0.05, 0) is 48.9 Å². The van der Waals surface area contributed by atoms with Gasteiger partial charge in [0.25, 0.3) is 0 Å². The molecule has 7 heteroatoms. The molecule has 0 unspecified atom stereocenters. The van der Waals surface area contributed by atoms with Crippen LogP contribution >= 0.6 is 11.8 Å². The summed E-state index contributed by atoms with van der Waals surface area (Å²) in [7, 11) is 0. The maximum absolute atomic E-state index is 13.4. The van der Waals surface area contributed by atoms with E-state index in [4.69, 9.17) is 4.74 Å². The monoisotopic (exact) mass is 385 g/mol. The van der Waals surface area contributed by atoms with E-state index in [0.717, 1.165) is 11.8 Å². The number of ether oxygens (including phenoxy) is 1. The number of benzene rings is 2. The van der Waals surface area contributed by atoms with Crippen LogP contribution in [0.4, 0.5) is 10.1 Å². The van der Waals surface area contributed by atoms with Gasteiger partial charge < -0.3 is 14.9 Å². The summed E-state index contributed by atoms with van der Waals surface area (Å²) in [6.45, 7) is 1.80. The van der Waals surface area contributed by atoms with Crippen molar-refractivity contribution in [2.75, 3.05) is 6.61 Å². The lowest BCUT2D eigenvalue weighted by Crippen LogP contribution is -2.12. The molecule has 0 aliphatic carbocycles. The average Bonchev–Trinajstić information content (AvgIpc) is 2.90. The molecule has 0 bridgehead atoms. The Hall–Kier alpha value is -3.06. The highest BCUT2D eigenvalue weighted by Crippen LogP contribution is 2.40. The van der Waals surface area contributed by atoms with Crippen molar-refractivity contribution in [2.24, 2.45) is 4.99 Å². The number of carbonyl (C=O) groups is 1. The van der Waals surface area contributed by atoms with Crippen LogP contribution in [0.25, 0.3) is 6.08 Å². The molecule has 138 valence electrons. The number of halogens is 1. The SMILES string of the molecule is CCOC(=O)C1=C(O)/C(=C\c2cccc(O)c2)SC1=Nc1cccc(F)c1. The molecule has 0 spiro atoms. The Morgan fingerprint density at radius 3 is 2.70 bits per heavy atom. The maximum Gasteiger partial charge on any atom is 0.344 e. The second-order valence-corrected chi connectivity index (χ2v) is 6.58. The van der Waals surface area contributed by atoms with Crippen molar-refractivity contribution in [2.45, 2.75) is 6.92 Å². The lowest BCUT2D eigenvalue weighted by atomic mass is 10.1. The molecule has 1 aliphatic rings. The fourth-order valence-electron chi connectivity index (χ4n) is 2.42. The summed E-state index contributed by atoms with van der Waals surface area (Å²) in [5.74, 6) is -1.36. The van der Waals surface area contributed by atoms with E-state index in [-0.39, 0.29) is 28.7 Å². The number of rotatable bonds is 4. The molecular weight excluding hydrogens is 369 g/mol. The van der Waals surface area contributed by atoms with E-state index < -0.39 is 11.8 Å². The van der Waals surface area contributed by atoms with E-state index in [2.05, 4.69) is 4.99 Å². The predicted octanol–water partition coefficient (Wildman–Crippen LogP) is 4.72. The Morgan fingerprint density at radius 1 is 1.22 bits per heavy atom. The minimum absolute atomic E-state index is 0.0717. The molecule has 2 aromatic carbocycles. The van der Waals surface area contributed by atoms with Gasteiger partial charge in [-0.25, -0.2) is 14.2 Å². The molecule has 5 nitrogen and oxygen atoms in total. The first-order valence-corrected chi connectivity index (χ1v) is 8.93. The molecule has 2 aromatic rings. The van der Waals surface area contributed by atoms with E-state index in [9.17, 15) is 19.4 Å². The van der Waals surface area contributed by atoms with Gasteiger partial charge in [-0.15, -0.1) is 0 Å². The summed E-state index contributed by atoms with van der Waals surface area (Å²) in [6, 6.07) is 12.1. The zero-order valence-corrected chi connectivity index (χ0v) is 15.2. The van der Waals surface area contributed by atoms with Crippen molar-refractivity contribution in [3.8, 4) is 5.75 Å². The van der Waals surface area contributed by atoms with Crippen LogP contribution in [-0.4, -0.2) is 27.8 Å². The van der Waals surface area contributed by atoms with Crippen LogP contribution < -0.4 is 0 Å². The topological polar surface area (TPSA) is 79.1 Å². The van der Waals surface area contributed by atoms with Crippen molar-refractivity contribution < 1.29 is 24.1 Å². The maximum atomic E-state index is 13.4. The lowest BCUT2D eigenvalue weighted by molar-refractivity contribution is -0.138. The Morgan fingerprint density at radius 2 is 2.00 bits per heavy atom. The third-order valence-corrected chi connectivity index (χ3v) is 4.60. The molecule has 0 aromatic heterocycles. The van der Waals surface area contributed by atoms with Crippen LogP contribution in [-0.2, 0) is 9.53 Å². The van der Waals surface area contributed by atoms with Crippen molar-refractivity contribution >= 4 is 34.5 Å². The number of phenols is 1. The van der Waals surface area contributed by atoms with Crippen LogP contribution in [0.2, 0.25) is 0 Å². The van der Waals surface area contributed by atoms with E-state index in [1.807, 2.05) is 0 Å². The van der Waals surface area contributed by atoms with Crippen LogP contribution in [0.5, 0.6) is 5.75 Å². The molecule has 0 saturated heterocycles. The summed E-state index contributed by atoms with van der Waals surface area (Å²) < 4.78 is 18.4. The summed E-state index contributed by atoms with van der Waals surface area (Å²) in [5.41, 5.74) is 0.877. The third-order valence-electron chi connectivity index (χ3n) is 3.58. The van der Waals surface area contributed by atoms with Crippen LogP contribution in [0.15, 0.2) is 69.8 Å². The lowest BCUT2D eigenvalue weighted by Gasteiger charge is -2.03. The molecule has 0 atom stereocenters. The number of aromatic hydroxyl groups is 1. The average molecular weight is 385 g/mol. The highest BCUT2D eigenvalue weighted by atomic mass is 32.2. The number of nitrogens with zero attached hydrogens (tertiary/aromatic N) is 1. The predicted molar refractivity (Wildman–Crippen MR) is 103 cm³/mol. The Kier molecular flexibility index (Phi) is 5.61. The molecule has 0 fully saturated rings. The van der Waals surface area contributed by atoms with Gasteiger partial charge in [-0.3, -0.25) is 0 Å². The molecule has 1 aliphatic heterocycles. The number of aliphatic hydroxyl groups excluding tert-OH is 1. The van der Waals surface area contributed by atoms with Crippen LogP contribution in [0.3, 0.4) is 0 Å². The number of phenolic OH excluding ortho intramolecular Hbond substituents is 1. The summed E-state index contributed by atoms with van der Waals surface area (Å²) >= 11 is 1.06. The van der Waals surface area contributed by atoms with Gasteiger partial charge in [0.15, 0.2) is 0 Å². The van der Waals surface area contributed by atoms with Gasteiger partial charge in [-0.2, -0.15) is 0 Å². The highest BCUT2D eigenvalue weighted by molar-refractivity contribution is 8.18. The van der Waals surface area contributed by atoms with Gasteiger partial charge in [0.1, 0.15) is 27.9 Å². The normalized spacial score (nSPS) is 17.0. The van der Waals surface area contributed by atoms with Crippen molar-refractivity contribution in [3.05, 3.63) is 76.1 Å². The zero-order valence-electron chi connectivity index (χ0n) is 14.3. The van der Waals surface area contributed by atoms with E-state index in [1.54, 1.807) is 31.2 Å². The Balaban J connectivity index is 2.05. The molecule has 0 radical (unpaired) electrons. The summed E-state index contributed by atoms with van der Waals surface area (Å²) in [6.07, 6.45) is 1.62. The Labute approximate surface area is 159 Å². The quantitative estimate of drug-likeness (QED) is 0.744. The Bertz CT molecular complexity index is 981. The number of esters is 1. The zero-order chi connectivity index (χ0) is 19.4. The van der Waals surface area contributed by atoms with E-state index >= 15 is 0 Å². The van der Waals surface area contributed by atoms with Crippen LogP contribution in [0, 0.1) is 5.82 Å². The van der Waals surface area contributed by atoms with Gasteiger partial charge >= 0.3 is 5.97 Å². The highest BCUT2D eigenvalue weighted by Gasteiger charge is 2.33. The molecule has 0 saturated carbocycles. The minimum atomic E-state index is -0.711. The van der Waals surface area contributed by atoms with E-state index in [0.29, 0.717) is 16.2 Å². The standard InChI is InChI=1S/C20H16FNO4S/c1-2-26-20(25)17-18(24)16(10-12-5-3-8-15(23)9-12)27-19(17)22-14-7-4-6-13(21)11-14/h3-11,23-24H,2H2,1H3/b16-10+,22-19?. The molecule has 27 heavy (non-hydrogen) atoms. The molecule has 0 amide bonds. The summed E-state index contributed by atoms with van der Waals surface area (Å²) in [4.78, 5) is 17.0. The molecule has 3 rings (SSSR count).